The van der Waals surface area contributed by atoms with Crippen molar-refractivity contribution in [2.75, 3.05) is 13.2 Å². The van der Waals surface area contributed by atoms with Crippen LogP contribution in [0.3, 0.4) is 0 Å². The minimum Gasteiger partial charge on any atom is -0.392 e. The SMILES string of the molecule is CC(C)OCC(O)CO/N=C(/N)Cc1cccc(Cl)c1. The second kappa shape index (κ2) is 8.79. The van der Waals surface area contributed by atoms with Crippen LogP contribution < -0.4 is 5.73 Å². The van der Waals surface area contributed by atoms with Crippen molar-refractivity contribution in [1.29, 1.82) is 0 Å². The van der Waals surface area contributed by atoms with Crippen molar-refractivity contribution in [1.82, 2.24) is 0 Å². The molecule has 0 fully saturated rings. The summed E-state index contributed by atoms with van der Waals surface area (Å²) >= 11 is 5.88. The van der Waals surface area contributed by atoms with Gasteiger partial charge in [0.1, 0.15) is 18.5 Å². The minimum atomic E-state index is -0.722. The van der Waals surface area contributed by atoms with Crippen LogP contribution in [0.15, 0.2) is 29.4 Å². The zero-order valence-corrected chi connectivity index (χ0v) is 12.5. The average Bonchev–Trinajstić information content (AvgIpc) is 2.36. The smallest absolute Gasteiger partial charge is 0.145 e. The van der Waals surface area contributed by atoms with Crippen LogP contribution in [-0.4, -0.2) is 36.4 Å². The van der Waals surface area contributed by atoms with Crippen molar-refractivity contribution >= 4 is 17.4 Å². The van der Waals surface area contributed by atoms with Gasteiger partial charge in [0.2, 0.25) is 0 Å². The molecule has 0 saturated heterocycles. The number of oxime groups is 1. The fourth-order valence-electron chi connectivity index (χ4n) is 1.45. The van der Waals surface area contributed by atoms with E-state index in [1.54, 1.807) is 6.07 Å². The predicted octanol–water partition coefficient (Wildman–Crippen LogP) is 1.96. The number of hydrogen-bond donors (Lipinski definition) is 2. The number of nitrogens with zero attached hydrogens (tertiary/aromatic N) is 1. The highest BCUT2D eigenvalue weighted by molar-refractivity contribution is 6.30. The maximum atomic E-state index is 9.56. The Balaban J connectivity index is 2.31. The topological polar surface area (TPSA) is 77.1 Å². The van der Waals surface area contributed by atoms with Crippen LogP contribution in [-0.2, 0) is 16.0 Å². The molecule has 0 aromatic heterocycles. The largest absolute Gasteiger partial charge is 0.392 e. The molecule has 1 unspecified atom stereocenters. The van der Waals surface area contributed by atoms with E-state index in [1.165, 1.54) is 0 Å². The maximum Gasteiger partial charge on any atom is 0.145 e. The molecule has 0 amide bonds. The number of hydrogen-bond acceptors (Lipinski definition) is 4. The standard InChI is InChI=1S/C14H21ClN2O3/c1-10(2)19-8-13(18)9-20-17-14(16)7-11-4-3-5-12(15)6-11/h3-6,10,13,18H,7-9H2,1-2H3,(H2,16,17). The Labute approximate surface area is 124 Å². The molecule has 3 N–H and O–H groups in total. The molecule has 0 aliphatic rings. The third-order valence-electron chi connectivity index (χ3n) is 2.34. The Morgan fingerprint density at radius 2 is 2.15 bits per heavy atom. The average molecular weight is 301 g/mol. The lowest BCUT2D eigenvalue weighted by molar-refractivity contribution is -0.0347. The fourth-order valence-corrected chi connectivity index (χ4v) is 1.66. The van der Waals surface area contributed by atoms with Crippen LogP contribution in [0.4, 0.5) is 0 Å². The molecule has 0 spiro atoms. The van der Waals surface area contributed by atoms with Crippen LogP contribution >= 0.6 is 11.6 Å². The van der Waals surface area contributed by atoms with Gasteiger partial charge in [-0.2, -0.15) is 0 Å². The molecular formula is C14H21ClN2O3. The molecule has 0 aliphatic carbocycles. The van der Waals surface area contributed by atoms with Gasteiger partial charge in [0.05, 0.1) is 12.7 Å². The number of aliphatic hydroxyl groups is 1. The molecule has 112 valence electrons. The summed E-state index contributed by atoms with van der Waals surface area (Å²) in [5.74, 6) is 0.323. The van der Waals surface area contributed by atoms with Gasteiger partial charge in [0, 0.05) is 11.4 Å². The van der Waals surface area contributed by atoms with Crippen LogP contribution in [0, 0.1) is 0 Å². The van der Waals surface area contributed by atoms with Crippen LogP contribution in [0.2, 0.25) is 5.02 Å². The first kappa shape index (κ1) is 16.8. The van der Waals surface area contributed by atoms with Crippen LogP contribution in [0.25, 0.3) is 0 Å². The van der Waals surface area contributed by atoms with Crippen molar-refractivity contribution in [3.05, 3.63) is 34.9 Å². The Hall–Kier alpha value is -1.30. The fraction of sp³-hybridized carbons (Fsp3) is 0.500. The number of rotatable bonds is 8. The number of benzene rings is 1. The number of aliphatic hydroxyl groups excluding tert-OH is 1. The number of nitrogens with two attached hydrogens (primary N) is 1. The van der Waals surface area contributed by atoms with Gasteiger partial charge in [-0.25, -0.2) is 0 Å². The summed E-state index contributed by atoms with van der Waals surface area (Å²) in [4.78, 5) is 4.99. The Morgan fingerprint density at radius 1 is 1.40 bits per heavy atom. The van der Waals surface area contributed by atoms with E-state index >= 15 is 0 Å². The number of ether oxygens (including phenoxy) is 1. The Morgan fingerprint density at radius 3 is 2.80 bits per heavy atom. The van der Waals surface area contributed by atoms with E-state index in [9.17, 15) is 5.11 Å². The third-order valence-corrected chi connectivity index (χ3v) is 2.58. The molecule has 1 atom stereocenters. The van der Waals surface area contributed by atoms with Crippen molar-refractivity contribution in [3.8, 4) is 0 Å². The van der Waals surface area contributed by atoms with E-state index in [2.05, 4.69) is 5.16 Å². The van der Waals surface area contributed by atoms with Gasteiger partial charge in [0.25, 0.3) is 0 Å². The summed E-state index contributed by atoms with van der Waals surface area (Å²) in [5.41, 5.74) is 6.68. The highest BCUT2D eigenvalue weighted by Crippen LogP contribution is 2.11. The van der Waals surface area contributed by atoms with Crippen LogP contribution in [0.1, 0.15) is 19.4 Å². The summed E-state index contributed by atoms with van der Waals surface area (Å²) < 4.78 is 5.25. The number of amidine groups is 1. The quantitative estimate of drug-likeness (QED) is 0.437. The molecule has 0 radical (unpaired) electrons. The summed E-state index contributed by atoms with van der Waals surface area (Å²) in [7, 11) is 0. The zero-order chi connectivity index (χ0) is 15.0. The lowest BCUT2D eigenvalue weighted by Crippen LogP contribution is -2.24. The molecular weight excluding hydrogens is 280 g/mol. The molecule has 5 nitrogen and oxygen atoms in total. The van der Waals surface area contributed by atoms with Crippen molar-refractivity contribution in [3.63, 3.8) is 0 Å². The second-order valence-electron chi connectivity index (χ2n) is 4.72. The molecule has 6 heteroatoms. The summed E-state index contributed by atoms with van der Waals surface area (Å²) in [6.07, 6.45) is -0.208. The first-order valence-corrected chi connectivity index (χ1v) is 6.83. The predicted molar refractivity (Wildman–Crippen MR) is 79.8 cm³/mol. The monoisotopic (exact) mass is 300 g/mol. The number of halogens is 1. The van der Waals surface area contributed by atoms with E-state index in [0.29, 0.717) is 17.3 Å². The molecule has 0 saturated carbocycles. The van der Waals surface area contributed by atoms with Crippen molar-refractivity contribution < 1.29 is 14.7 Å². The van der Waals surface area contributed by atoms with Gasteiger partial charge in [-0.1, -0.05) is 28.9 Å². The first-order valence-electron chi connectivity index (χ1n) is 6.45. The maximum absolute atomic E-state index is 9.56. The van der Waals surface area contributed by atoms with Gasteiger partial charge in [-0.05, 0) is 31.5 Å². The highest BCUT2D eigenvalue weighted by Gasteiger charge is 2.06. The van der Waals surface area contributed by atoms with E-state index in [4.69, 9.17) is 26.9 Å². The molecule has 1 aromatic rings. The van der Waals surface area contributed by atoms with Gasteiger partial charge >= 0.3 is 0 Å². The van der Waals surface area contributed by atoms with Gasteiger partial charge < -0.3 is 20.4 Å². The Kier molecular flexibility index (Phi) is 7.36. The summed E-state index contributed by atoms with van der Waals surface area (Å²) in [6, 6.07) is 7.35. The van der Waals surface area contributed by atoms with E-state index in [-0.39, 0.29) is 19.3 Å². The second-order valence-corrected chi connectivity index (χ2v) is 5.16. The molecule has 1 rings (SSSR count). The normalized spacial score (nSPS) is 13.6. The molecule has 1 aromatic carbocycles. The van der Waals surface area contributed by atoms with Gasteiger partial charge in [-0.3, -0.25) is 0 Å². The van der Waals surface area contributed by atoms with Crippen molar-refractivity contribution in [2.24, 2.45) is 10.9 Å². The Bertz CT molecular complexity index is 438. The third kappa shape index (κ3) is 7.33. The zero-order valence-electron chi connectivity index (χ0n) is 11.8. The molecule has 0 aliphatic heterocycles. The van der Waals surface area contributed by atoms with Gasteiger partial charge in [0.15, 0.2) is 0 Å². The van der Waals surface area contributed by atoms with Crippen molar-refractivity contribution in [2.45, 2.75) is 32.5 Å². The van der Waals surface area contributed by atoms with E-state index in [0.717, 1.165) is 5.56 Å². The van der Waals surface area contributed by atoms with Crippen LogP contribution in [0.5, 0.6) is 0 Å². The van der Waals surface area contributed by atoms with Gasteiger partial charge in [-0.15, -0.1) is 0 Å². The first-order chi connectivity index (χ1) is 9.47. The summed E-state index contributed by atoms with van der Waals surface area (Å²) in [6.45, 7) is 4.05. The lowest BCUT2D eigenvalue weighted by Gasteiger charge is -2.12. The lowest BCUT2D eigenvalue weighted by atomic mass is 10.1. The minimum absolute atomic E-state index is 0.0446. The molecule has 0 heterocycles. The molecule has 0 bridgehead atoms. The van der Waals surface area contributed by atoms with E-state index < -0.39 is 6.10 Å². The summed E-state index contributed by atoms with van der Waals surface area (Å²) in [5, 5.41) is 14.0. The molecule has 20 heavy (non-hydrogen) atoms. The van der Waals surface area contributed by atoms with E-state index in [1.807, 2.05) is 32.0 Å². The highest BCUT2D eigenvalue weighted by atomic mass is 35.5.